The van der Waals surface area contributed by atoms with Crippen LogP contribution in [0.4, 0.5) is 0 Å². The second-order valence-corrected chi connectivity index (χ2v) is 4.98. The number of halogens is 1. The molecule has 0 aliphatic heterocycles. The van der Waals surface area contributed by atoms with E-state index in [4.69, 9.17) is 16.3 Å². The van der Waals surface area contributed by atoms with Gasteiger partial charge in [-0.1, -0.05) is 17.7 Å². The lowest BCUT2D eigenvalue weighted by molar-refractivity contribution is 0.161. The highest BCUT2D eigenvalue weighted by Crippen LogP contribution is 2.14. The summed E-state index contributed by atoms with van der Waals surface area (Å²) in [6, 6.07) is 6.03. The zero-order valence-corrected chi connectivity index (χ0v) is 12.3. The number of aryl methyl sites for hydroxylation is 1. The molecule has 0 aromatic heterocycles. The van der Waals surface area contributed by atoms with Gasteiger partial charge in [-0.05, 0) is 37.2 Å². The van der Waals surface area contributed by atoms with Gasteiger partial charge in [-0.25, -0.2) is 0 Å². The number of methoxy groups -OCH3 is 1. The molecule has 0 atom stereocenters. The first kappa shape index (κ1) is 15.4. The van der Waals surface area contributed by atoms with Crippen LogP contribution in [-0.4, -0.2) is 45.3 Å². The minimum absolute atomic E-state index is 0.785. The summed E-state index contributed by atoms with van der Waals surface area (Å²) >= 11 is 5.93. The minimum Gasteiger partial charge on any atom is -0.383 e. The van der Waals surface area contributed by atoms with Crippen molar-refractivity contribution in [3.8, 4) is 0 Å². The fraction of sp³-hybridized carbons (Fsp3) is 0.571. The molecule has 0 aliphatic carbocycles. The Bertz CT molecular complexity index is 358. The summed E-state index contributed by atoms with van der Waals surface area (Å²) in [5.41, 5.74) is 2.54. The Morgan fingerprint density at radius 3 is 2.78 bits per heavy atom. The van der Waals surface area contributed by atoms with E-state index < -0.39 is 0 Å². The first-order chi connectivity index (χ1) is 8.63. The quantitative estimate of drug-likeness (QED) is 0.734. The van der Waals surface area contributed by atoms with E-state index in [9.17, 15) is 0 Å². The molecule has 1 rings (SSSR count). The van der Waals surface area contributed by atoms with Gasteiger partial charge in [-0.15, -0.1) is 0 Å². The molecule has 0 amide bonds. The lowest BCUT2D eigenvalue weighted by Gasteiger charge is -2.16. The molecule has 0 aliphatic rings. The fourth-order valence-electron chi connectivity index (χ4n) is 1.71. The van der Waals surface area contributed by atoms with Crippen molar-refractivity contribution in [1.29, 1.82) is 0 Å². The summed E-state index contributed by atoms with van der Waals surface area (Å²) < 4.78 is 5.04. The van der Waals surface area contributed by atoms with Gasteiger partial charge in [-0.2, -0.15) is 0 Å². The summed E-state index contributed by atoms with van der Waals surface area (Å²) in [7, 11) is 3.84. The highest BCUT2D eigenvalue weighted by Gasteiger charge is 2.00. The molecule has 0 fully saturated rings. The average molecular weight is 271 g/mol. The zero-order valence-electron chi connectivity index (χ0n) is 11.5. The van der Waals surface area contributed by atoms with Crippen molar-refractivity contribution in [3.05, 3.63) is 34.3 Å². The summed E-state index contributed by atoms with van der Waals surface area (Å²) in [5, 5.41) is 4.25. The minimum atomic E-state index is 0.785. The molecule has 0 radical (unpaired) electrons. The number of likely N-dealkylation sites (N-methyl/N-ethyl adjacent to an activating group) is 1. The van der Waals surface area contributed by atoms with E-state index in [-0.39, 0.29) is 0 Å². The van der Waals surface area contributed by atoms with Crippen molar-refractivity contribution in [3.63, 3.8) is 0 Å². The Labute approximate surface area is 115 Å². The van der Waals surface area contributed by atoms with Crippen molar-refractivity contribution in [2.45, 2.75) is 13.5 Å². The van der Waals surface area contributed by atoms with Crippen molar-refractivity contribution < 1.29 is 4.74 Å². The second-order valence-electron chi connectivity index (χ2n) is 4.54. The van der Waals surface area contributed by atoms with Gasteiger partial charge >= 0.3 is 0 Å². The summed E-state index contributed by atoms with van der Waals surface area (Å²) in [6.45, 7) is 6.73. The molecule has 4 heteroatoms. The SMILES string of the molecule is COCCN(C)CCNCc1ccc(Cl)cc1C. The van der Waals surface area contributed by atoms with E-state index in [1.165, 1.54) is 11.1 Å². The fourth-order valence-corrected chi connectivity index (χ4v) is 1.94. The number of ether oxygens (including phenoxy) is 1. The third-order valence-electron chi connectivity index (χ3n) is 2.97. The van der Waals surface area contributed by atoms with Gasteiger partial charge in [0.25, 0.3) is 0 Å². The van der Waals surface area contributed by atoms with Gasteiger partial charge in [0.1, 0.15) is 0 Å². The van der Waals surface area contributed by atoms with Crippen molar-refractivity contribution >= 4 is 11.6 Å². The number of nitrogens with zero attached hydrogens (tertiary/aromatic N) is 1. The number of rotatable bonds is 8. The van der Waals surface area contributed by atoms with Gasteiger partial charge in [0.2, 0.25) is 0 Å². The molecule has 0 spiro atoms. The number of benzene rings is 1. The molecule has 1 aromatic carbocycles. The molecule has 0 unspecified atom stereocenters. The number of hydrogen-bond acceptors (Lipinski definition) is 3. The highest BCUT2D eigenvalue weighted by molar-refractivity contribution is 6.30. The van der Waals surface area contributed by atoms with Crippen LogP contribution < -0.4 is 5.32 Å². The molecule has 0 saturated carbocycles. The smallest absolute Gasteiger partial charge is 0.0589 e. The maximum Gasteiger partial charge on any atom is 0.0589 e. The van der Waals surface area contributed by atoms with Gasteiger partial charge in [-0.3, -0.25) is 0 Å². The maximum absolute atomic E-state index is 5.93. The first-order valence-electron chi connectivity index (χ1n) is 6.26. The molecule has 3 nitrogen and oxygen atoms in total. The van der Waals surface area contributed by atoms with Crippen LogP contribution in [0.25, 0.3) is 0 Å². The summed E-state index contributed by atoms with van der Waals surface area (Å²) in [4.78, 5) is 2.26. The van der Waals surface area contributed by atoms with Crippen LogP contribution in [0.3, 0.4) is 0 Å². The normalized spacial score (nSPS) is 11.2. The Morgan fingerprint density at radius 2 is 2.11 bits per heavy atom. The molecule has 1 aromatic rings. The predicted octanol–water partition coefficient (Wildman–Crippen LogP) is 2.32. The van der Waals surface area contributed by atoms with Crippen LogP contribution >= 0.6 is 11.6 Å². The molecule has 1 N–H and O–H groups in total. The van der Waals surface area contributed by atoms with Crippen LogP contribution in [0.2, 0.25) is 5.02 Å². The lowest BCUT2D eigenvalue weighted by atomic mass is 10.1. The standard InChI is InChI=1S/C14H23ClN2O/c1-12-10-14(15)5-4-13(12)11-16-6-7-17(2)8-9-18-3/h4-5,10,16H,6-9,11H2,1-3H3. The molecule has 0 bridgehead atoms. The lowest BCUT2D eigenvalue weighted by Crippen LogP contribution is -2.31. The Morgan fingerprint density at radius 1 is 1.33 bits per heavy atom. The second kappa shape index (κ2) is 8.48. The van der Waals surface area contributed by atoms with Gasteiger partial charge in [0, 0.05) is 38.3 Å². The first-order valence-corrected chi connectivity index (χ1v) is 6.64. The molecule has 0 heterocycles. The zero-order chi connectivity index (χ0) is 13.4. The van der Waals surface area contributed by atoms with E-state index >= 15 is 0 Å². The van der Waals surface area contributed by atoms with E-state index in [2.05, 4.69) is 30.3 Å². The monoisotopic (exact) mass is 270 g/mol. The molecule has 18 heavy (non-hydrogen) atoms. The highest BCUT2D eigenvalue weighted by atomic mass is 35.5. The number of nitrogens with one attached hydrogen (secondary N) is 1. The van der Waals surface area contributed by atoms with Crippen LogP contribution in [0, 0.1) is 6.92 Å². The van der Waals surface area contributed by atoms with E-state index in [0.717, 1.165) is 37.8 Å². The number of hydrogen-bond donors (Lipinski definition) is 1. The van der Waals surface area contributed by atoms with Crippen molar-refractivity contribution in [2.75, 3.05) is 40.4 Å². The van der Waals surface area contributed by atoms with Gasteiger partial charge in [0.05, 0.1) is 6.61 Å². The predicted molar refractivity (Wildman–Crippen MR) is 77.3 cm³/mol. The molecule has 102 valence electrons. The van der Waals surface area contributed by atoms with Crippen molar-refractivity contribution in [1.82, 2.24) is 10.2 Å². The topological polar surface area (TPSA) is 24.5 Å². The maximum atomic E-state index is 5.93. The van der Waals surface area contributed by atoms with E-state index in [1.807, 2.05) is 12.1 Å². The average Bonchev–Trinajstić information content (AvgIpc) is 2.34. The van der Waals surface area contributed by atoms with E-state index in [0.29, 0.717) is 0 Å². The van der Waals surface area contributed by atoms with Crippen molar-refractivity contribution in [2.24, 2.45) is 0 Å². The van der Waals surface area contributed by atoms with E-state index in [1.54, 1.807) is 7.11 Å². The third-order valence-corrected chi connectivity index (χ3v) is 3.20. The van der Waals surface area contributed by atoms with Crippen LogP contribution in [0.5, 0.6) is 0 Å². The van der Waals surface area contributed by atoms with Crippen LogP contribution in [-0.2, 0) is 11.3 Å². The molecule has 0 saturated heterocycles. The van der Waals surface area contributed by atoms with Crippen LogP contribution in [0.1, 0.15) is 11.1 Å². The summed E-state index contributed by atoms with van der Waals surface area (Å²) in [6.07, 6.45) is 0. The third kappa shape index (κ3) is 5.83. The van der Waals surface area contributed by atoms with Crippen LogP contribution in [0.15, 0.2) is 18.2 Å². The largest absolute Gasteiger partial charge is 0.383 e. The Kier molecular flexibility index (Phi) is 7.28. The Balaban J connectivity index is 2.21. The van der Waals surface area contributed by atoms with Gasteiger partial charge in [0.15, 0.2) is 0 Å². The molecular weight excluding hydrogens is 248 g/mol. The summed E-state index contributed by atoms with van der Waals surface area (Å²) in [5.74, 6) is 0. The Hall–Kier alpha value is -0.610. The van der Waals surface area contributed by atoms with Gasteiger partial charge < -0.3 is 15.0 Å². The molecular formula is C14H23ClN2O.